The van der Waals surface area contributed by atoms with E-state index in [-0.39, 0.29) is 25.5 Å². The summed E-state index contributed by atoms with van der Waals surface area (Å²) >= 11 is 7.07. The van der Waals surface area contributed by atoms with E-state index >= 15 is 0 Å². The second-order valence-corrected chi connectivity index (χ2v) is 11.5. The van der Waals surface area contributed by atoms with Crippen LogP contribution in [0, 0.1) is 6.92 Å². The Morgan fingerprint density at radius 3 is 2.61 bits per heavy atom. The number of nitrogens with zero attached hydrogens (tertiary/aromatic N) is 1. The Bertz CT molecular complexity index is 1180. The Hall–Kier alpha value is -3.15. The molecule has 3 N–H and O–H groups in total. The SMILES string of the molecule is Cc1cc(NC(=O)[C@@H](CCCNC(=O)OC(C)(C)C)NC(=O)c2ccc(Cl)s2)ccc1N1CCOCC1=O. The summed E-state index contributed by atoms with van der Waals surface area (Å²) < 4.78 is 10.9. The number of hydrogen-bond acceptors (Lipinski definition) is 7. The van der Waals surface area contributed by atoms with Gasteiger partial charge in [0.2, 0.25) is 5.91 Å². The van der Waals surface area contributed by atoms with Gasteiger partial charge < -0.3 is 30.3 Å². The number of benzene rings is 1. The number of morpholine rings is 1. The molecule has 0 radical (unpaired) electrons. The van der Waals surface area contributed by atoms with Gasteiger partial charge >= 0.3 is 6.09 Å². The lowest BCUT2D eigenvalue weighted by atomic mass is 10.1. The van der Waals surface area contributed by atoms with E-state index in [0.717, 1.165) is 22.6 Å². The van der Waals surface area contributed by atoms with Crippen LogP contribution >= 0.6 is 22.9 Å². The Balaban J connectivity index is 1.65. The number of aryl methyl sites for hydroxylation is 1. The molecule has 4 amide bonds. The first-order chi connectivity index (χ1) is 17.9. The number of rotatable bonds is 9. The van der Waals surface area contributed by atoms with Crippen LogP contribution < -0.4 is 20.9 Å². The van der Waals surface area contributed by atoms with Gasteiger partial charge in [0.25, 0.3) is 11.8 Å². The normalized spacial score (nSPS) is 14.6. The van der Waals surface area contributed by atoms with Crippen molar-refractivity contribution < 1.29 is 28.7 Å². The predicted molar refractivity (Wildman–Crippen MR) is 147 cm³/mol. The van der Waals surface area contributed by atoms with Crippen molar-refractivity contribution in [1.29, 1.82) is 0 Å². The van der Waals surface area contributed by atoms with E-state index in [1.807, 2.05) is 6.92 Å². The molecule has 0 aliphatic carbocycles. The molecule has 0 unspecified atom stereocenters. The highest BCUT2D eigenvalue weighted by atomic mass is 35.5. The van der Waals surface area contributed by atoms with Gasteiger partial charge in [0.05, 0.1) is 15.8 Å². The zero-order chi connectivity index (χ0) is 27.9. The Labute approximate surface area is 231 Å². The molecule has 0 spiro atoms. The maximum absolute atomic E-state index is 13.2. The quantitative estimate of drug-likeness (QED) is 0.393. The molecule has 1 aliphatic heterocycles. The third kappa shape index (κ3) is 8.71. The van der Waals surface area contributed by atoms with Crippen LogP contribution in [0.5, 0.6) is 0 Å². The standard InChI is InChI=1S/C26H33ClN4O6S/c1-16-14-17(7-8-19(16)31-12-13-36-15-22(31)32)29-23(33)18(30-24(34)20-9-10-21(27)38-20)6-5-11-28-25(35)37-26(2,3)4/h7-10,14,18H,5-6,11-13,15H2,1-4H3,(H,28,35)(H,29,33)(H,30,34)/t18-/m1/s1. The number of anilines is 2. The minimum Gasteiger partial charge on any atom is -0.444 e. The van der Waals surface area contributed by atoms with Gasteiger partial charge in [-0.05, 0) is 76.4 Å². The largest absolute Gasteiger partial charge is 0.444 e. The van der Waals surface area contributed by atoms with E-state index in [0.29, 0.717) is 34.5 Å². The van der Waals surface area contributed by atoms with E-state index in [4.69, 9.17) is 21.1 Å². The van der Waals surface area contributed by atoms with Crippen molar-refractivity contribution in [2.75, 3.05) is 36.5 Å². The van der Waals surface area contributed by atoms with Crippen molar-refractivity contribution in [3.8, 4) is 0 Å². The number of nitrogens with one attached hydrogen (secondary N) is 3. The average molecular weight is 565 g/mol. The molecule has 3 rings (SSSR count). The van der Waals surface area contributed by atoms with Crippen LogP contribution in [0.1, 0.15) is 48.8 Å². The summed E-state index contributed by atoms with van der Waals surface area (Å²) in [5.74, 6) is -0.944. The molecule has 10 nitrogen and oxygen atoms in total. The molecule has 1 fully saturated rings. The number of ether oxygens (including phenoxy) is 2. The van der Waals surface area contributed by atoms with E-state index in [2.05, 4.69) is 16.0 Å². The lowest BCUT2D eigenvalue weighted by Gasteiger charge is -2.28. The van der Waals surface area contributed by atoms with Gasteiger partial charge in [-0.3, -0.25) is 14.4 Å². The Kier molecular flexibility index (Phi) is 10.1. The molecule has 12 heteroatoms. The van der Waals surface area contributed by atoms with Crippen LogP contribution in [-0.4, -0.2) is 61.8 Å². The number of thiophene rings is 1. The third-order valence-corrected chi connectivity index (χ3v) is 6.73. The molecule has 1 atom stereocenters. The number of hydrogen-bond donors (Lipinski definition) is 3. The van der Waals surface area contributed by atoms with Gasteiger partial charge in [0, 0.05) is 24.5 Å². The molecular formula is C26H33ClN4O6S. The van der Waals surface area contributed by atoms with Gasteiger partial charge in [-0.1, -0.05) is 11.6 Å². The summed E-state index contributed by atoms with van der Waals surface area (Å²) in [5, 5.41) is 8.28. The Morgan fingerprint density at radius 2 is 1.97 bits per heavy atom. The highest BCUT2D eigenvalue weighted by molar-refractivity contribution is 7.18. The first-order valence-electron chi connectivity index (χ1n) is 12.3. The lowest BCUT2D eigenvalue weighted by Crippen LogP contribution is -2.44. The Morgan fingerprint density at radius 1 is 1.21 bits per heavy atom. The van der Waals surface area contributed by atoms with Crippen LogP contribution in [-0.2, 0) is 19.1 Å². The van der Waals surface area contributed by atoms with Gasteiger partial charge in [-0.15, -0.1) is 11.3 Å². The second-order valence-electron chi connectivity index (χ2n) is 9.79. The van der Waals surface area contributed by atoms with Crippen molar-refractivity contribution in [2.24, 2.45) is 0 Å². The number of halogens is 1. The first kappa shape index (κ1) is 29.4. The molecule has 1 aliphatic rings. The van der Waals surface area contributed by atoms with Crippen LogP contribution in [0.2, 0.25) is 4.34 Å². The molecule has 38 heavy (non-hydrogen) atoms. The molecule has 1 aromatic heterocycles. The summed E-state index contributed by atoms with van der Waals surface area (Å²) in [7, 11) is 0. The summed E-state index contributed by atoms with van der Waals surface area (Å²) in [6, 6.07) is 7.61. The zero-order valence-electron chi connectivity index (χ0n) is 21.9. The number of carbonyl (C=O) groups excluding carboxylic acids is 4. The summed E-state index contributed by atoms with van der Waals surface area (Å²) in [6.45, 7) is 8.39. The minimum atomic E-state index is -0.871. The van der Waals surface area contributed by atoms with Crippen molar-refractivity contribution >= 4 is 58.1 Å². The van der Waals surface area contributed by atoms with E-state index in [9.17, 15) is 19.2 Å². The van der Waals surface area contributed by atoms with Crippen LogP contribution in [0.3, 0.4) is 0 Å². The van der Waals surface area contributed by atoms with Gasteiger partial charge in [0.1, 0.15) is 18.2 Å². The summed E-state index contributed by atoms with van der Waals surface area (Å²) in [5.41, 5.74) is 1.48. The highest BCUT2D eigenvalue weighted by Gasteiger charge is 2.24. The van der Waals surface area contributed by atoms with Gasteiger partial charge in [-0.2, -0.15) is 0 Å². The van der Waals surface area contributed by atoms with Crippen molar-refractivity contribution in [3.63, 3.8) is 0 Å². The number of carbonyl (C=O) groups is 4. The fourth-order valence-electron chi connectivity index (χ4n) is 3.78. The van der Waals surface area contributed by atoms with Crippen molar-refractivity contribution in [1.82, 2.24) is 10.6 Å². The third-order valence-electron chi connectivity index (χ3n) is 5.50. The fraction of sp³-hybridized carbons (Fsp3) is 0.462. The molecule has 1 aromatic carbocycles. The van der Waals surface area contributed by atoms with Crippen molar-refractivity contribution in [2.45, 2.75) is 52.2 Å². The molecule has 0 saturated carbocycles. The number of amides is 4. The predicted octanol–water partition coefficient (Wildman–Crippen LogP) is 4.12. The fourth-order valence-corrected chi connectivity index (χ4v) is 4.73. The van der Waals surface area contributed by atoms with Crippen LogP contribution in [0.4, 0.5) is 16.2 Å². The first-order valence-corrected chi connectivity index (χ1v) is 13.4. The zero-order valence-corrected chi connectivity index (χ0v) is 23.5. The molecule has 0 bridgehead atoms. The van der Waals surface area contributed by atoms with Crippen molar-refractivity contribution in [3.05, 3.63) is 45.1 Å². The number of alkyl carbamates (subject to hydrolysis) is 1. The maximum Gasteiger partial charge on any atom is 0.407 e. The van der Waals surface area contributed by atoms with Crippen LogP contribution in [0.25, 0.3) is 0 Å². The highest BCUT2D eigenvalue weighted by Crippen LogP contribution is 2.25. The molecule has 1 saturated heterocycles. The molecular weight excluding hydrogens is 532 g/mol. The van der Waals surface area contributed by atoms with Gasteiger partial charge in [0.15, 0.2) is 0 Å². The maximum atomic E-state index is 13.2. The van der Waals surface area contributed by atoms with E-state index in [1.165, 1.54) is 0 Å². The summed E-state index contributed by atoms with van der Waals surface area (Å²) in [6.07, 6.45) is 0.135. The monoisotopic (exact) mass is 564 g/mol. The molecule has 2 heterocycles. The minimum absolute atomic E-state index is 0.0392. The second kappa shape index (κ2) is 13.1. The smallest absolute Gasteiger partial charge is 0.407 e. The average Bonchev–Trinajstić information content (AvgIpc) is 3.27. The van der Waals surface area contributed by atoms with E-state index in [1.54, 1.807) is 56.0 Å². The van der Waals surface area contributed by atoms with Gasteiger partial charge in [-0.25, -0.2) is 4.79 Å². The molecule has 2 aromatic rings. The van der Waals surface area contributed by atoms with Crippen LogP contribution in [0.15, 0.2) is 30.3 Å². The summed E-state index contributed by atoms with van der Waals surface area (Å²) in [4.78, 5) is 52.1. The molecule has 206 valence electrons. The van der Waals surface area contributed by atoms with E-state index < -0.39 is 29.6 Å². The topological polar surface area (TPSA) is 126 Å². The lowest BCUT2D eigenvalue weighted by molar-refractivity contribution is -0.125.